The van der Waals surface area contributed by atoms with Gasteiger partial charge in [0.25, 0.3) is 5.69 Å². The standard InChI is InChI=1S/C12H8Cl2N4O4/c13-6-4-9(10(19)5-8(6)18(21)22)17(12(15)20)7-2-1-3-16-11(7)14/h1-5,19H,(H2,15,20). The van der Waals surface area contributed by atoms with Gasteiger partial charge in [-0.3, -0.25) is 15.0 Å². The Morgan fingerprint density at radius 2 is 2.05 bits per heavy atom. The van der Waals surface area contributed by atoms with Crippen LogP contribution in [-0.2, 0) is 0 Å². The molecule has 0 radical (unpaired) electrons. The molecular formula is C12H8Cl2N4O4. The zero-order valence-corrected chi connectivity index (χ0v) is 12.2. The van der Waals surface area contributed by atoms with E-state index in [4.69, 9.17) is 28.9 Å². The zero-order chi connectivity index (χ0) is 16.4. The van der Waals surface area contributed by atoms with Crippen LogP contribution in [0.25, 0.3) is 0 Å². The summed E-state index contributed by atoms with van der Waals surface area (Å²) in [6, 6.07) is 3.83. The smallest absolute Gasteiger partial charge is 0.324 e. The number of anilines is 2. The molecule has 1 heterocycles. The number of aromatic nitrogens is 1. The second kappa shape index (κ2) is 6.04. The molecule has 114 valence electrons. The fourth-order valence-corrected chi connectivity index (χ4v) is 2.20. The summed E-state index contributed by atoms with van der Waals surface area (Å²) in [5.74, 6) is -0.560. The first-order valence-corrected chi connectivity index (χ1v) is 6.45. The van der Waals surface area contributed by atoms with Gasteiger partial charge < -0.3 is 10.8 Å². The van der Waals surface area contributed by atoms with Gasteiger partial charge in [-0.1, -0.05) is 23.2 Å². The summed E-state index contributed by atoms with van der Waals surface area (Å²) in [6.45, 7) is 0. The van der Waals surface area contributed by atoms with Crippen molar-refractivity contribution in [2.75, 3.05) is 4.90 Å². The van der Waals surface area contributed by atoms with Crippen LogP contribution in [-0.4, -0.2) is 21.0 Å². The Balaban J connectivity index is 2.65. The van der Waals surface area contributed by atoms with Gasteiger partial charge in [0.1, 0.15) is 10.8 Å². The molecule has 3 N–H and O–H groups in total. The number of nitrogens with zero attached hydrogens (tertiary/aromatic N) is 3. The lowest BCUT2D eigenvalue weighted by molar-refractivity contribution is -0.384. The molecule has 0 aliphatic carbocycles. The summed E-state index contributed by atoms with van der Waals surface area (Å²) in [7, 11) is 0. The summed E-state index contributed by atoms with van der Waals surface area (Å²) in [5, 5.41) is 20.4. The zero-order valence-electron chi connectivity index (χ0n) is 10.7. The molecule has 8 nitrogen and oxygen atoms in total. The van der Waals surface area contributed by atoms with Crippen LogP contribution in [0.3, 0.4) is 0 Å². The first-order chi connectivity index (χ1) is 10.3. The van der Waals surface area contributed by atoms with Crippen molar-refractivity contribution in [1.29, 1.82) is 0 Å². The molecule has 1 aromatic carbocycles. The van der Waals surface area contributed by atoms with Crippen molar-refractivity contribution in [3.63, 3.8) is 0 Å². The topological polar surface area (TPSA) is 123 Å². The molecule has 2 amide bonds. The summed E-state index contributed by atoms with van der Waals surface area (Å²) in [6.07, 6.45) is 1.40. The summed E-state index contributed by atoms with van der Waals surface area (Å²) in [4.78, 5) is 26.4. The van der Waals surface area contributed by atoms with E-state index >= 15 is 0 Å². The molecule has 10 heteroatoms. The molecule has 0 fully saturated rings. The Hall–Kier alpha value is -2.58. The monoisotopic (exact) mass is 342 g/mol. The minimum absolute atomic E-state index is 0.0461. The van der Waals surface area contributed by atoms with Crippen molar-refractivity contribution in [3.8, 4) is 5.75 Å². The molecule has 2 aromatic rings. The number of carbonyl (C=O) groups is 1. The molecule has 0 saturated carbocycles. The van der Waals surface area contributed by atoms with Crippen LogP contribution < -0.4 is 10.6 Å². The van der Waals surface area contributed by atoms with Crippen molar-refractivity contribution >= 4 is 46.3 Å². The number of rotatable bonds is 3. The van der Waals surface area contributed by atoms with Crippen LogP contribution in [0, 0.1) is 10.1 Å². The number of halogens is 2. The first kappa shape index (κ1) is 15.8. The lowest BCUT2D eigenvalue weighted by atomic mass is 10.2. The predicted molar refractivity (Wildman–Crippen MR) is 80.7 cm³/mol. The van der Waals surface area contributed by atoms with Gasteiger partial charge in [0.2, 0.25) is 0 Å². The van der Waals surface area contributed by atoms with Crippen molar-refractivity contribution in [2.24, 2.45) is 5.73 Å². The first-order valence-electron chi connectivity index (χ1n) is 5.70. The van der Waals surface area contributed by atoms with E-state index in [-0.39, 0.29) is 21.6 Å². The Morgan fingerprint density at radius 1 is 1.36 bits per heavy atom. The highest BCUT2D eigenvalue weighted by atomic mass is 35.5. The maximum atomic E-state index is 11.7. The largest absolute Gasteiger partial charge is 0.505 e. The number of hydrogen-bond donors (Lipinski definition) is 2. The van der Waals surface area contributed by atoms with Crippen LogP contribution in [0.1, 0.15) is 0 Å². The lowest BCUT2D eigenvalue weighted by Crippen LogP contribution is -2.31. The maximum Gasteiger partial charge on any atom is 0.324 e. The highest BCUT2D eigenvalue weighted by molar-refractivity contribution is 6.34. The van der Waals surface area contributed by atoms with E-state index in [0.717, 1.165) is 17.0 Å². The minimum Gasteiger partial charge on any atom is -0.505 e. The summed E-state index contributed by atoms with van der Waals surface area (Å²) in [5.41, 5.74) is 4.73. The van der Waals surface area contributed by atoms with Gasteiger partial charge in [-0.15, -0.1) is 0 Å². The third kappa shape index (κ3) is 2.87. The van der Waals surface area contributed by atoms with E-state index in [1.807, 2.05) is 0 Å². The molecule has 0 bridgehead atoms. The van der Waals surface area contributed by atoms with Crippen molar-refractivity contribution in [2.45, 2.75) is 0 Å². The molecule has 22 heavy (non-hydrogen) atoms. The van der Waals surface area contributed by atoms with E-state index in [1.54, 1.807) is 0 Å². The second-order valence-corrected chi connectivity index (χ2v) is 4.80. The van der Waals surface area contributed by atoms with E-state index in [1.165, 1.54) is 18.3 Å². The third-order valence-corrected chi connectivity index (χ3v) is 3.28. The molecule has 0 atom stereocenters. The molecular weight excluding hydrogens is 335 g/mol. The Morgan fingerprint density at radius 3 is 2.59 bits per heavy atom. The van der Waals surface area contributed by atoms with Crippen molar-refractivity contribution in [1.82, 2.24) is 4.98 Å². The van der Waals surface area contributed by atoms with Gasteiger partial charge in [0.15, 0.2) is 5.15 Å². The van der Waals surface area contributed by atoms with Gasteiger partial charge in [-0.2, -0.15) is 0 Å². The average molecular weight is 343 g/mol. The number of urea groups is 1. The molecule has 1 aromatic heterocycles. The number of amides is 2. The number of phenols is 1. The third-order valence-electron chi connectivity index (χ3n) is 2.68. The SMILES string of the molecule is NC(=O)N(c1cc(Cl)c([N+](=O)[O-])cc1O)c1cccnc1Cl. The molecule has 0 aliphatic heterocycles. The highest BCUT2D eigenvalue weighted by Gasteiger charge is 2.25. The number of primary amides is 1. The fraction of sp³-hybridized carbons (Fsp3) is 0. The highest BCUT2D eigenvalue weighted by Crippen LogP contribution is 2.41. The Labute approximate surface area is 133 Å². The summed E-state index contributed by atoms with van der Waals surface area (Å²) < 4.78 is 0. The fourth-order valence-electron chi connectivity index (χ4n) is 1.77. The normalized spacial score (nSPS) is 10.3. The van der Waals surface area contributed by atoms with E-state index in [2.05, 4.69) is 4.98 Å². The van der Waals surface area contributed by atoms with Crippen molar-refractivity contribution < 1.29 is 14.8 Å². The van der Waals surface area contributed by atoms with E-state index < -0.39 is 22.4 Å². The van der Waals surface area contributed by atoms with Crippen LogP contribution >= 0.6 is 23.2 Å². The van der Waals surface area contributed by atoms with Crippen LogP contribution in [0.2, 0.25) is 10.2 Å². The van der Waals surface area contributed by atoms with Gasteiger partial charge in [0.05, 0.1) is 22.4 Å². The number of carbonyl (C=O) groups excluding carboxylic acids is 1. The van der Waals surface area contributed by atoms with Crippen LogP contribution in [0.5, 0.6) is 5.75 Å². The van der Waals surface area contributed by atoms with Crippen LogP contribution in [0.15, 0.2) is 30.5 Å². The maximum absolute atomic E-state index is 11.7. The second-order valence-electron chi connectivity index (χ2n) is 4.04. The number of aromatic hydroxyl groups is 1. The van der Waals surface area contributed by atoms with Gasteiger partial charge in [0, 0.05) is 6.20 Å². The number of nitrogens with two attached hydrogens (primary N) is 1. The number of benzene rings is 1. The van der Waals surface area contributed by atoms with E-state index in [9.17, 15) is 20.0 Å². The Kier molecular flexibility index (Phi) is 4.34. The van der Waals surface area contributed by atoms with Gasteiger partial charge in [-0.05, 0) is 18.2 Å². The quantitative estimate of drug-likeness (QED) is 0.503. The number of nitro benzene ring substituents is 1. The molecule has 2 rings (SSSR count). The number of pyridine rings is 1. The summed E-state index contributed by atoms with van der Waals surface area (Å²) >= 11 is 11.7. The van der Waals surface area contributed by atoms with Crippen molar-refractivity contribution in [3.05, 3.63) is 50.8 Å². The van der Waals surface area contributed by atoms with Crippen LogP contribution in [0.4, 0.5) is 21.9 Å². The predicted octanol–water partition coefficient (Wildman–Crippen LogP) is 3.22. The Bertz CT molecular complexity index is 769. The molecule has 0 saturated heterocycles. The number of hydrogen-bond acceptors (Lipinski definition) is 5. The number of phenolic OH excluding ortho intramolecular Hbond substituents is 1. The lowest BCUT2D eigenvalue weighted by Gasteiger charge is -2.22. The molecule has 0 spiro atoms. The number of nitro groups is 1. The molecule has 0 aliphatic rings. The van der Waals surface area contributed by atoms with Gasteiger partial charge >= 0.3 is 6.03 Å². The average Bonchev–Trinajstić information content (AvgIpc) is 2.44. The molecule has 0 unspecified atom stereocenters. The van der Waals surface area contributed by atoms with E-state index in [0.29, 0.717) is 0 Å². The van der Waals surface area contributed by atoms with Gasteiger partial charge in [-0.25, -0.2) is 9.78 Å². The minimum atomic E-state index is -0.977.